The van der Waals surface area contributed by atoms with Gasteiger partial charge < -0.3 is 10.2 Å². The molecule has 90 valence electrons. The molecule has 0 saturated heterocycles. The van der Waals surface area contributed by atoms with Crippen molar-refractivity contribution in [2.75, 3.05) is 6.54 Å². The van der Waals surface area contributed by atoms with E-state index in [4.69, 9.17) is 16.0 Å². The molecule has 0 aliphatic heterocycles. The first-order valence-corrected chi connectivity index (χ1v) is 6.12. The molecule has 1 aromatic rings. The number of carbonyl (C=O) groups excluding carboxylic acids is 1. The van der Waals surface area contributed by atoms with Gasteiger partial charge in [-0.25, -0.2) is 5.84 Å². The molecule has 0 spiro atoms. The third kappa shape index (κ3) is 3.88. The first-order valence-electron chi connectivity index (χ1n) is 5.07. The molecule has 5 nitrogen and oxygen atoms in total. The minimum Gasteiger partial charge on any atom is -0.468 e. The highest BCUT2D eigenvalue weighted by atomic mass is 32.2. The van der Waals surface area contributed by atoms with Gasteiger partial charge in [0.1, 0.15) is 12.0 Å². The summed E-state index contributed by atoms with van der Waals surface area (Å²) < 4.78 is 5.25. The van der Waals surface area contributed by atoms with Crippen LogP contribution in [0.2, 0.25) is 0 Å². The van der Waals surface area contributed by atoms with Crippen molar-refractivity contribution < 1.29 is 9.21 Å². The number of hydrogen-bond acceptors (Lipinski definition) is 5. The maximum atomic E-state index is 11.1. The lowest BCUT2D eigenvalue weighted by Crippen LogP contribution is -2.29. The van der Waals surface area contributed by atoms with Crippen molar-refractivity contribution in [3.8, 4) is 0 Å². The number of furan rings is 1. The van der Waals surface area contributed by atoms with Crippen molar-refractivity contribution in [3.05, 3.63) is 23.7 Å². The lowest BCUT2D eigenvalue weighted by Gasteiger charge is -2.07. The van der Waals surface area contributed by atoms with E-state index in [2.05, 4.69) is 12.3 Å². The van der Waals surface area contributed by atoms with Crippen molar-refractivity contribution in [2.24, 2.45) is 11.6 Å². The molecule has 0 aliphatic carbocycles. The topological polar surface area (TPSA) is 94.3 Å². The molecule has 1 unspecified atom stereocenters. The zero-order chi connectivity index (χ0) is 12.0. The van der Waals surface area contributed by atoms with Crippen molar-refractivity contribution in [1.29, 1.82) is 0 Å². The molecule has 5 N–H and O–H groups in total. The lowest BCUT2D eigenvalue weighted by atomic mass is 10.3. The molecular formula is C10H17N3O2S. The van der Waals surface area contributed by atoms with Crippen molar-refractivity contribution >= 4 is 17.7 Å². The van der Waals surface area contributed by atoms with Crippen molar-refractivity contribution in [1.82, 2.24) is 5.43 Å². The van der Waals surface area contributed by atoms with E-state index in [1.807, 2.05) is 0 Å². The Morgan fingerprint density at radius 2 is 2.44 bits per heavy atom. The maximum Gasteiger partial charge on any atom is 0.268 e. The van der Waals surface area contributed by atoms with Gasteiger partial charge in [0, 0.05) is 5.25 Å². The molecule has 16 heavy (non-hydrogen) atoms. The molecule has 6 heteroatoms. The zero-order valence-electron chi connectivity index (χ0n) is 9.23. The zero-order valence-corrected chi connectivity index (χ0v) is 10.0. The van der Waals surface area contributed by atoms with Crippen LogP contribution in [0, 0.1) is 0 Å². The molecule has 0 fully saturated rings. The summed E-state index contributed by atoms with van der Waals surface area (Å²) in [6, 6.07) is 1.70. The second-order valence-electron chi connectivity index (χ2n) is 3.47. The Kier molecular flexibility index (Phi) is 5.37. The Morgan fingerprint density at radius 1 is 1.69 bits per heavy atom. The van der Waals surface area contributed by atoms with Gasteiger partial charge in [-0.05, 0) is 19.0 Å². The minimum atomic E-state index is -0.338. The van der Waals surface area contributed by atoms with Crippen LogP contribution < -0.4 is 17.0 Å². The molecule has 0 aromatic carbocycles. The summed E-state index contributed by atoms with van der Waals surface area (Å²) in [5, 5.41) is 0.488. The Morgan fingerprint density at radius 3 is 3.06 bits per heavy atom. The number of thioether (sulfide) groups is 1. The predicted octanol–water partition coefficient (Wildman–Crippen LogP) is 0.854. The van der Waals surface area contributed by atoms with E-state index in [9.17, 15) is 4.79 Å². The molecule has 0 radical (unpaired) electrons. The molecule has 0 saturated carbocycles. The molecule has 1 rings (SSSR count). The van der Waals surface area contributed by atoms with Gasteiger partial charge in [-0.3, -0.25) is 10.2 Å². The van der Waals surface area contributed by atoms with Gasteiger partial charge in [-0.15, -0.1) is 0 Å². The summed E-state index contributed by atoms with van der Waals surface area (Å²) >= 11 is 1.75. The van der Waals surface area contributed by atoms with Crippen LogP contribution in [0.25, 0.3) is 0 Å². The van der Waals surface area contributed by atoms with Crippen LogP contribution in [0.1, 0.15) is 29.5 Å². The van der Waals surface area contributed by atoms with E-state index >= 15 is 0 Å². The van der Waals surface area contributed by atoms with E-state index in [0.29, 0.717) is 17.4 Å². The first kappa shape index (κ1) is 13.1. The number of nitrogens with one attached hydrogen (secondary N) is 1. The number of nitrogens with two attached hydrogens (primary N) is 2. The second kappa shape index (κ2) is 6.57. The Labute approximate surface area is 98.9 Å². The van der Waals surface area contributed by atoms with E-state index in [-0.39, 0.29) is 5.91 Å². The van der Waals surface area contributed by atoms with Crippen LogP contribution in [0.5, 0.6) is 0 Å². The fourth-order valence-corrected chi connectivity index (χ4v) is 2.10. The smallest absolute Gasteiger partial charge is 0.268 e. The third-order valence-electron chi connectivity index (χ3n) is 2.13. The van der Waals surface area contributed by atoms with Crippen LogP contribution in [-0.4, -0.2) is 17.7 Å². The van der Waals surface area contributed by atoms with Gasteiger partial charge in [-0.1, -0.05) is 6.92 Å². The van der Waals surface area contributed by atoms with Crippen LogP contribution in [0.4, 0.5) is 0 Å². The van der Waals surface area contributed by atoms with Crippen molar-refractivity contribution in [3.63, 3.8) is 0 Å². The number of hydrogen-bond donors (Lipinski definition) is 3. The largest absolute Gasteiger partial charge is 0.468 e. The number of amides is 1. The maximum absolute atomic E-state index is 11.1. The molecule has 1 heterocycles. The highest BCUT2D eigenvalue weighted by molar-refractivity contribution is 7.99. The van der Waals surface area contributed by atoms with Gasteiger partial charge >= 0.3 is 0 Å². The number of hydrazine groups is 1. The average molecular weight is 243 g/mol. The summed E-state index contributed by atoms with van der Waals surface area (Å²) in [6.07, 6.45) is 2.38. The molecule has 1 atom stereocenters. The van der Waals surface area contributed by atoms with E-state index in [1.54, 1.807) is 17.8 Å². The predicted molar refractivity (Wildman–Crippen MR) is 64.8 cm³/mol. The standard InChI is InChI=1S/C10H17N3O2S/c1-7(2-3-11)16-6-9-4-8(5-15-9)10(14)13-12/h4-5,7H,2-3,6,11-12H2,1H3,(H,13,14). The normalized spacial score (nSPS) is 12.4. The Balaban J connectivity index is 2.43. The monoisotopic (exact) mass is 243 g/mol. The molecule has 0 bridgehead atoms. The van der Waals surface area contributed by atoms with Gasteiger partial charge in [0.05, 0.1) is 11.3 Å². The van der Waals surface area contributed by atoms with E-state index in [0.717, 1.165) is 17.9 Å². The first-order chi connectivity index (χ1) is 7.67. The summed E-state index contributed by atoms with van der Waals surface area (Å²) in [5.41, 5.74) is 7.96. The summed E-state index contributed by atoms with van der Waals surface area (Å²) in [6.45, 7) is 2.81. The quantitative estimate of drug-likeness (QED) is 0.391. The highest BCUT2D eigenvalue weighted by Crippen LogP contribution is 2.21. The summed E-state index contributed by atoms with van der Waals surface area (Å²) in [4.78, 5) is 11.1. The van der Waals surface area contributed by atoms with E-state index in [1.165, 1.54) is 6.26 Å². The number of rotatable bonds is 6. The number of carbonyl (C=O) groups is 1. The summed E-state index contributed by atoms with van der Waals surface area (Å²) in [7, 11) is 0. The molecule has 1 aromatic heterocycles. The van der Waals surface area contributed by atoms with Gasteiger partial charge in [-0.2, -0.15) is 11.8 Å². The van der Waals surface area contributed by atoms with Crippen LogP contribution in [-0.2, 0) is 5.75 Å². The van der Waals surface area contributed by atoms with E-state index < -0.39 is 0 Å². The fraction of sp³-hybridized carbons (Fsp3) is 0.500. The van der Waals surface area contributed by atoms with Gasteiger partial charge in [0.15, 0.2) is 0 Å². The average Bonchev–Trinajstić information content (AvgIpc) is 2.74. The molecular weight excluding hydrogens is 226 g/mol. The fourth-order valence-electron chi connectivity index (χ4n) is 1.20. The Bertz CT molecular complexity index is 341. The van der Waals surface area contributed by atoms with Crippen molar-refractivity contribution in [2.45, 2.75) is 24.3 Å². The van der Waals surface area contributed by atoms with Crippen LogP contribution >= 0.6 is 11.8 Å². The summed E-state index contributed by atoms with van der Waals surface area (Å²) in [5.74, 6) is 6.18. The van der Waals surface area contributed by atoms with Crippen LogP contribution in [0.3, 0.4) is 0 Å². The third-order valence-corrected chi connectivity index (χ3v) is 3.39. The van der Waals surface area contributed by atoms with Crippen LogP contribution in [0.15, 0.2) is 16.7 Å². The second-order valence-corrected chi connectivity index (χ2v) is 4.90. The molecule has 1 amide bonds. The SMILES string of the molecule is CC(CCN)SCc1cc(C(=O)NN)co1. The highest BCUT2D eigenvalue weighted by Gasteiger charge is 2.09. The number of nitrogen functional groups attached to an aromatic ring is 1. The van der Waals surface area contributed by atoms with Gasteiger partial charge in [0.25, 0.3) is 5.91 Å². The molecule has 0 aliphatic rings. The lowest BCUT2D eigenvalue weighted by molar-refractivity contribution is 0.0953. The Hall–Kier alpha value is -0.980. The minimum absolute atomic E-state index is 0.338. The van der Waals surface area contributed by atoms with Gasteiger partial charge in [0.2, 0.25) is 0 Å².